The monoisotopic (exact) mass is 395 g/mol. The van der Waals surface area contributed by atoms with Crippen LogP contribution in [0.1, 0.15) is 13.3 Å². The summed E-state index contributed by atoms with van der Waals surface area (Å²) in [4.78, 5) is 24.1. The van der Waals surface area contributed by atoms with Gasteiger partial charge in [-0.2, -0.15) is 18.2 Å². The van der Waals surface area contributed by atoms with E-state index in [0.717, 1.165) is 4.90 Å². The van der Waals surface area contributed by atoms with Crippen LogP contribution in [0, 0.1) is 0 Å². The first kappa shape index (κ1) is 18.7. The lowest BCUT2D eigenvalue weighted by Crippen LogP contribution is -2.51. The number of morpholine rings is 1. The Balaban J connectivity index is 1.86. The van der Waals surface area contributed by atoms with Gasteiger partial charge in [-0.1, -0.05) is 0 Å². The third-order valence-corrected chi connectivity index (χ3v) is 5.09. The minimum absolute atomic E-state index is 0.0113. The highest BCUT2D eigenvalue weighted by atomic mass is 19.4. The van der Waals surface area contributed by atoms with Crippen molar-refractivity contribution in [3.8, 4) is 0 Å². The zero-order valence-electron chi connectivity index (χ0n) is 15.3. The third kappa shape index (κ3) is 3.32. The van der Waals surface area contributed by atoms with Crippen molar-refractivity contribution in [3.63, 3.8) is 0 Å². The number of rotatable bonds is 2. The van der Waals surface area contributed by atoms with Gasteiger partial charge in [-0.15, -0.1) is 0 Å². The summed E-state index contributed by atoms with van der Waals surface area (Å²) in [5.74, 6) is 0.353. The zero-order valence-corrected chi connectivity index (χ0v) is 15.3. The number of anilines is 3. The van der Waals surface area contributed by atoms with Crippen molar-refractivity contribution in [1.29, 1.82) is 0 Å². The standard InChI is InChI=1S/C18H20F3N5O2/c1-12-11-28-8-7-24(12)15-9-16(27)25-6-4-14(18(19,20)21)26(17(25)23-15)13-3-2-5-22-10-13/h2-3,5,9-10,12,14H,4,6-8,11H2,1H3. The summed E-state index contributed by atoms with van der Waals surface area (Å²) in [6.07, 6.45) is -1.87. The normalized spacial score (nSPS) is 22.9. The van der Waals surface area contributed by atoms with Crippen molar-refractivity contribution in [2.75, 3.05) is 29.6 Å². The highest BCUT2D eigenvalue weighted by molar-refractivity contribution is 5.60. The van der Waals surface area contributed by atoms with Gasteiger partial charge >= 0.3 is 6.18 Å². The minimum Gasteiger partial charge on any atom is -0.377 e. The van der Waals surface area contributed by atoms with Crippen LogP contribution in [0.5, 0.6) is 0 Å². The van der Waals surface area contributed by atoms with Crippen molar-refractivity contribution >= 4 is 17.5 Å². The number of hydrogen-bond donors (Lipinski definition) is 0. The number of aromatic nitrogens is 3. The fourth-order valence-corrected chi connectivity index (χ4v) is 3.71. The van der Waals surface area contributed by atoms with E-state index in [1.54, 1.807) is 6.07 Å². The first-order chi connectivity index (χ1) is 13.4. The lowest BCUT2D eigenvalue weighted by Gasteiger charge is -2.40. The SMILES string of the molecule is CC1COCCN1c1cc(=O)n2c(n1)N(c1cccnc1)C(C(F)(F)F)CC2. The van der Waals surface area contributed by atoms with Crippen LogP contribution in [0.15, 0.2) is 35.4 Å². The predicted octanol–water partition coefficient (Wildman–Crippen LogP) is 2.34. The number of nitrogens with zero attached hydrogens (tertiary/aromatic N) is 5. The Bertz CT molecular complexity index is 902. The topological polar surface area (TPSA) is 63.5 Å². The molecule has 7 nitrogen and oxygen atoms in total. The second-order valence-corrected chi connectivity index (χ2v) is 6.95. The summed E-state index contributed by atoms with van der Waals surface area (Å²) in [7, 11) is 0. The molecule has 0 aromatic carbocycles. The van der Waals surface area contributed by atoms with Gasteiger partial charge in [0.2, 0.25) is 5.95 Å². The van der Waals surface area contributed by atoms with Crippen LogP contribution >= 0.6 is 0 Å². The van der Waals surface area contributed by atoms with E-state index in [-0.39, 0.29) is 36.2 Å². The Kier molecular flexibility index (Phi) is 4.74. The molecule has 10 heteroatoms. The molecule has 4 heterocycles. The smallest absolute Gasteiger partial charge is 0.377 e. The minimum atomic E-state index is -4.47. The van der Waals surface area contributed by atoms with Gasteiger partial charge in [0.1, 0.15) is 11.9 Å². The maximum atomic E-state index is 13.8. The van der Waals surface area contributed by atoms with Crippen molar-refractivity contribution in [2.24, 2.45) is 0 Å². The van der Waals surface area contributed by atoms with E-state index in [9.17, 15) is 18.0 Å². The van der Waals surface area contributed by atoms with Crippen molar-refractivity contribution in [2.45, 2.75) is 38.1 Å². The molecule has 2 unspecified atom stereocenters. The Hall–Kier alpha value is -2.62. The van der Waals surface area contributed by atoms with Crippen LogP contribution in [-0.2, 0) is 11.3 Å². The Morgan fingerprint density at radius 2 is 2.11 bits per heavy atom. The van der Waals surface area contributed by atoms with Gasteiger partial charge < -0.3 is 9.64 Å². The average molecular weight is 395 g/mol. The lowest BCUT2D eigenvalue weighted by atomic mass is 10.1. The van der Waals surface area contributed by atoms with Crippen LogP contribution in [0.4, 0.5) is 30.6 Å². The molecule has 1 saturated heterocycles. The molecule has 0 spiro atoms. The first-order valence-corrected chi connectivity index (χ1v) is 9.08. The number of ether oxygens (including phenoxy) is 1. The largest absolute Gasteiger partial charge is 0.409 e. The molecule has 0 aliphatic carbocycles. The van der Waals surface area contributed by atoms with E-state index in [0.29, 0.717) is 25.6 Å². The molecule has 2 atom stereocenters. The molecule has 0 saturated carbocycles. The quantitative estimate of drug-likeness (QED) is 0.778. The fraction of sp³-hybridized carbons (Fsp3) is 0.500. The van der Waals surface area contributed by atoms with Crippen molar-refractivity contribution in [1.82, 2.24) is 14.5 Å². The number of halogens is 3. The molecule has 150 valence electrons. The molecule has 1 fully saturated rings. The van der Waals surface area contributed by atoms with Crippen molar-refractivity contribution in [3.05, 3.63) is 40.9 Å². The highest BCUT2D eigenvalue weighted by Crippen LogP contribution is 2.39. The van der Waals surface area contributed by atoms with Crippen LogP contribution < -0.4 is 15.4 Å². The van der Waals surface area contributed by atoms with E-state index in [1.165, 1.54) is 29.1 Å². The van der Waals surface area contributed by atoms with Gasteiger partial charge in [-0.3, -0.25) is 19.2 Å². The zero-order chi connectivity index (χ0) is 19.9. The second-order valence-electron chi connectivity index (χ2n) is 6.95. The summed E-state index contributed by atoms with van der Waals surface area (Å²) in [5, 5.41) is 0. The summed E-state index contributed by atoms with van der Waals surface area (Å²) in [6.45, 7) is 3.35. The molecular formula is C18H20F3N5O2. The van der Waals surface area contributed by atoms with E-state index < -0.39 is 12.2 Å². The molecule has 0 amide bonds. The average Bonchev–Trinajstić information content (AvgIpc) is 2.67. The maximum absolute atomic E-state index is 13.8. The van der Waals surface area contributed by atoms with E-state index >= 15 is 0 Å². The molecule has 0 radical (unpaired) electrons. The summed E-state index contributed by atoms with van der Waals surface area (Å²) in [6, 6.07) is 2.69. The highest BCUT2D eigenvalue weighted by Gasteiger charge is 2.47. The molecule has 0 N–H and O–H groups in total. The third-order valence-electron chi connectivity index (χ3n) is 5.09. The van der Waals surface area contributed by atoms with Gasteiger partial charge in [0.25, 0.3) is 5.56 Å². The Morgan fingerprint density at radius 1 is 1.29 bits per heavy atom. The summed E-state index contributed by atoms with van der Waals surface area (Å²) >= 11 is 0. The molecular weight excluding hydrogens is 375 g/mol. The van der Waals surface area contributed by atoms with E-state index in [1.807, 2.05) is 11.8 Å². The van der Waals surface area contributed by atoms with Crippen LogP contribution in [0.25, 0.3) is 0 Å². The summed E-state index contributed by atoms with van der Waals surface area (Å²) < 4.78 is 48.1. The van der Waals surface area contributed by atoms with Gasteiger partial charge in [-0.25, -0.2) is 0 Å². The Labute approximate surface area is 159 Å². The number of fused-ring (bicyclic) bond motifs is 1. The molecule has 2 aromatic heterocycles. The van der Waals surface area contributed by atoms with Crippen LogP contribution in [-0.4, -0.2) is 52.6 Å². The molecule has 2 aromatic rings. The molecule has 4 rings (SSSR count). The molecule has 28 heavy (non-hydrogen) atoms. The molecule has 0 bridgehead atoms. The van der Waals surface area contributed by atoms with E-state index in [2.05, 4.69) is 9.97 Å². The number of pyridine rings is 1. The van der Waals surface area contributed by atoms with Crippen molar-refractivity contribution < 1.29 is 17.9 Å². The predicted molar refractivity (Wildman–Crippen MR) is 97.0 cm³/mol. The van der Waals surface area contributed by atoms with E-state index in [4.69, 9.17) is 4.74 Å². The van der Waals surface area contributed by atoms with Gasteiger partial charge in [0, 0.05) is 25.4 Å². The number of alkyl halides is 3. The van der Waals surface area contributed by atoms with Gasteiger partial charge in [0.15, 0.2) is 0 Å². The van der Waals surface area contributed by atoms with Gasteiger partial charge in [0.05, 0.1) is 31.1 Å². The van der Waals surface area contributed by atoms with Crippen LogP contribution in [0.3, 0.4) is 0 Å². The van der Waals surface area contributed by atoms with Gasteiger partial charge in [-0.05, 0) is 25.5 Å². The molecule has 2 aliphatic rings. The molecule has 2 aliphatic heterocycles. The first-order valence-electron chi connectivity index (χ1n) is 9.08. The fourth-order valence-electron chi connectivity index (χ4n) is 3.71. The second kappa shape index (κ2) is 7.08. The number of hydrogen-bond acceptors (Lipinski definition) is 6. The summed E-state index contributed by atoms with van der Waals surface area (Å²) in [5.41, 5.74) is -0.120. The lowest BCUT2D eigenvalue weighted by molar-refractivity contribution is -0.150. The van der Waals surface area contributed by atoms with Crippen LogP contribution in [0.2, 0.25) is 0 Å². The maximum Gasteiger partial charge on any atom is 0.409 e. The Morgan fingerprint density at radius 3 is 2.79 bits per heavy atom.